The van der Waals surface area contributed by atoms with Crippen LogP contribution < -0.4 is 0 Å². The van der Waals surface area contributed by atoms with Crippen molar-refractivity contribution in [3.63, 3.8) is 0 Å². The summed E-state index contributed by atoms with van der Waals surface area (Å²) in [5, 5.41) is 0. The van der Waals surface area contributed by atoms with Gasteiger partial charge in [0.2, 0.25) is 5.91 Å². The van der Waals surface area contributed by atoms with E-state index < -0.39 is 0 Å². The zero-order valence-corrected chi connectivity index (χ0v) is 13.0. The molecule has 0 aliphatic carbocycles. The van der Waals surface area contributed by atoms with Crippen LogP contribution in [0.25, 0.3) is 0 Å². The molecule has 1 saturated heterocycles. The van der Waals surface area contributed by atoms with Crippen LogP contribution in [0.4, 0.5) is 0 Å². The van der Waals surface area contributed by atoms with Crippen LogP contribution >= 0.6 is 15.9 Å². The zero-order chi connectivity index (χ0) is 12.8. The van der Waals surface area contributed by atoms with Crippen molar-refractivity contribution >= 4 is 21.8 Å². The molecule has 1 aliphatic heterocycles. The summed E-state index contributed by atoms with van der Waals surface area (Å²) in [4.78, 5) is 15.1. The van der Waals surface area contributed by atoms with E-state index >= 15 is 0 Å². The van der Waals surface area contributed by atoms with Gasteiger partial charge < -0.3 is 4.90 Å². The molecule has 1 heterocycles. The predicted molar refractivity (Wildman–Crippen MR) is 76.4 cm³/mol. The van der Waals surface area contributed by atoms with Gasteiger partial charge in [-0.2, -0.15) is 0 Å². The minimum Gasteiger partial charge on any atom is -0.342 e. The molecule has 0 aromatic heterocycles. The third-order valence-electron chi connectivity index (χ3n) is 3.74. The molecule has 0 radical (unpaired) electrons. The fourth-order valence-electron chi connectivity index (χ4n) is 2.66. The summed E-state index contributed by atoms with van der Waals surface area (Å²) in [5.41, 5.74) is 0. The van der Waals surface area contributed by atoms with Gasteiger partial charge in [0.1, 0.15) is 0 Å². The lowest BCUT2D eigenvalue weighted by Gasteiger charge is -2.36. The van der Waals surface area contributed by atoms with Crippen molar-refractivity contribution in [2.75, 3.05) is 13.1 Å². The Balaban J connectivity index is 2.55. The predicted octanol–water partition coefficient (Wildman–Crippen LogP) is 3.83. The number of alkyl halides is 1. The highest BCUT2D eigenvalue weighted by Crippen LogP contribution is 2.26. The van der Waals surface area contributed by atoms with Crippen molar-refractivity contribution in [1.29, 1.82) is 0 Å². The van der Waals surface area contributed by atoms with Gasteiger partial charge in [0.15, 0.2) is 0 Å². The van der Waals surface area contributed by atoms with Crippen LogP contribution in [0.2, 0.25) is 0 Å². The van der Waals surface area contributed by atoms with Crippen molar-refractivity contribution in [2.45, 2.75) is 57.7 Å². The second kappa shape index (κ2) is 7.40. The zero-order valence-electron chi connectivity index (χ0n) is 11.4. The first kappa shape index (κ1) is 15.0. The van der Waals surface area contributed by atoms with Crippen molar-refractivity contribution < 1.29 is 4.79 Å². The molecule has 0 aromatic rings. The van der Waals surface area contributed by atoms with Gasteiger partial charge in [-0.15, -0.1) is 0 Å². The second-order valence-corrected chi connectivity index (χ2v) is 6.52. The molecule has 3 heteroatoms. The quantitative estimate of drug-likeness (QED) is 0.707. The summed E-state index contributed by atoms with van der Waals surface area (Å²) in [5.74, 6) is 1.25. The van der Waals surface area contributed by atoms with E-state index in [0.29, 0.717) is 16.7 Å². The van der Waals surface area contributed by atoms with E-state index in [2.05, 4.69) is 41.6 Å². The maximum absolute atomic E-state index is 12.4. The standard InChI is InChI=1S/C14H26BrNO/c1-4-6-12(7-5-2)14(17)16-9-8-13(15)11(3)10-16/h11-13H,4-10H2,1-3H3. The monoisotopic (exact) mass is 303 g/mol. The number of nitrogens with zero attached hydrogens (tertiary/aromatic N) is 1. The lowest BCUT2D eigenvalue weighted by atomic mass is 9.93. The summed E-state index contributed by atoms with van der Waals surface area (Å²) in [6, 6.07) is 0. The molecule has 2 unspecified atom stereocenters. The SMILES string of the molecule is CCCC(CCC)C(=O)N1CCC(Br)C(C)C1. The summed E-state index contributed by atoms with van der Waals surface area (Å²) >= 11 is 3.69. The lowest BCUT2D eigenvalue weighted by Crippen LogP contribution is -2.45. The Morgan fingerprint density at radius 1 is 1.35 bits per heavy atom. The minimum absolute atomic E-state index is 0.268. The number of likely N-dealkylation sites (tertiary alicyclic amines) is 1. The van der Waals surface area contributed by atoms with Gasteiger partial charge in [-0.05, 0) is 25.2 Å². The Bertz CT molecular complexity index is 238. The average Bonchev–Trinajstić information content (AvgIpc) is 2.31. The molecule has 0 spiro atoms. The number of halogens is 1. The Morgan fingerprint density at radius 3 is 2.41 bits per heavy atom. The van der Waals surface area contributed by atoms with Gasteiger partial charge in [-0.3, -0.25) is 4.79 Å². The first-order valence-electron chi connectivity index (χ1n) is 7.02. The van der Waals surface area contributed by atoms with Crippen LogP contribution in [0.3, 0.4) is 0 Å². The van der Waals surface area contributed by atoms with Gasteiger partial charge >= 0.3 is 0 Å². The molecule has 1 amide bonds. The smallest absolute Gasteiger partial charge is 0.225 e. The van der Waals surface area contributed by atoms with Crippen LogP contribution in [-0.2, 0) is 4.79 Å². The van der Waals surface area contributed by atoms with E-state index in [0.717, 1.165) is 45.2 Å². The first-order chi connectivity index (χ1) is 8.10. The van der Waals surface area contributed by atoms with Crippen LogP contribution in [0.5, 0.6) is 0 Å². The summed E-state index contributed by atoms with van der Waals surface area (Å²) < 4.78 is 0. The molecular formula is C14H26BrNO. The van der Waals surface area contributed by atoms with Crippen molar-refractivity contribution in [3.8, 4) is 0 Å². The van der Waals surface area contributed by atoms with E-state index in [1.165, 1.54) is 0 Å². The number of hydrogen-bond donors (Lipinski definition) is 0. The number of carbonyl (C=O) groups excluding carboxylic acids is 1. The van der Waals surface area contributed by atoms with Crippen LogP contribution in [0, 0.1) is 11.8 Å². The number of piperidine rings is 1. The highest BCUT2D eigenvalue weighted by Gasteiger charge is 2.30. The van der Waals surface area contributed by atoms with E-state index in [9.17, 15) is 4.79 Å². The molecule has 2 atom stereocenters. The molecule has 0 aromatic carbocycles. The molecule has 1 aliphatic rings. The summed E-state index contributed by atoms with van der Waals surface area (Å²) in [6.07, 6.45) is 5.42. The number of hydrogen-bond acceptors (Lipinski definition) is 1. The van der Waals surface area contributed by atoms with E-state index in [1.54, 1.807) is 0 Å². The molecule has 1 fully saturated rings. The molecule has 0 bridgehead atoms. The van der Waals surface area contributed by atoms with Crippen LogP contribution in [0.15, 0.2) is 0 Å². The number of carbonyl (C=O) groups is 1. The van der Waals surface area contributed by atoms with Gasteiger partial charge in [0, 0.05) is 23.8 Å². The third kappa shape index (κ3) is 4.27. The van der Waals surface area contributed by atoms with Gasteiger partial charge in [0.25, 0.3) is 0 Å². The minimum atomic E-state index is 0.268. The Kier molecular flexibility index (Phi) is 6.53. The molecule has 0 saturated carbocycles. The molecule has 2 nitrogen and oxygen atoms in total. The van der Waals surface area contributed by atoms with Gasteiger partial charge in [0.05, 0.1) is 0 Å². The number of amides is 1. The number of rotatable bonds is 5. The lowest BCUT2D eigenvalue weighted by molar-refractivity contribution is -0.137. The Morgan fingerprint density at radius 2 is 1.94 bits per heavy atom. The Labute approximate surface area is 114 Å². The van der Waals surface area contributed by atoms with Crippen molar-refractivity contribution in [1.82, 2.24) is 4.90 Å². The Hall–Kier alpha value is -0.0500. The van der Waals surface area contributed by atoms with Gasteiger partial charge in [-0.25, -0.2) is 0 Å². The first-order valence-corrected chi connectivity index (χ1v) is 7.94. The summed E-state index contributed by atoms with van der Waals surface area (Å²) in [6.45, 7) is 8.43. The largest absolute Gasteiger partial charge is 0.342 e. The molecule has 100 valence electrons. The maximum atomic E-state index is 12.4. The highest BCUT2D eigenvalue weighted by molar-refractivity contribution is 9.09. The van der Waals surface area contributed by atoms with E-state index in [4.69, 9.17) is 0 Å². The fraction of sp³-hybridized carbons (Fsp3) is 0.929. The molecule has 0 N–H and O–H groups in total. The molecule has 1 rings (SSSR count). The van der Waals surface area contributed by atoms with Crippen molar-refractivity contribution in [3.05, 3.63) is 0 Å². The average molecular weight is 304 g/mol. The molecule has 17 heavy (non-hydrogen) atoms. The highest BCUT2D eigenvalue weighted by atomic mass is 79.9. The fourth-order valence-corrected chi connectivity index (χ4v) is 3.04. The van der Waals surface area contributed by atoms with E-state index in [-0.39, 0.29) is 5.92 Å². The second-order valence-electron chi connectivity index (χ2n) is 5.34. The van der Waals surface area contributed by atoms with Crippen LogP contribution in [-0.4, -0.2) is 28.7 Å². The van der Waals surface area contributed by atoms with E-state index in [1.807, 2.05) is 0 Å². The maximum Gasteiger partial charge on any atom is 0.225 e. The van der Waals surface area contributed by atoms with Crippen molar-refractivity contribution in [2.24, 2.45) is 11.8 Å². The topological polar surface area (TPSA) is 20.3 Å². The van der Waals surface area contributed by atoms with Crippen LogP contribution in [0.1, 0.15) is 52.9 Å². The molecular weight excluding hydrogens is 278 g/mol. The normalized spacial score (nSPS) is 25.4. The van der Waals surface area contributed by atoms with Gasteiger partial charge in [-0.1, -0.05) is 49.5 Å². The third-order valence-corrected chi connectivity index (χ3v) is 5.10. The summed E-state index contributed by atoms with van der Waals surface area (Å²) in [7, 11) is 0.